The summed E-state index contributed by atoms with van der Waals surface area (Å²) in [6.45, 7) is 6.70. The SMILES string of the molecule is CCC(c1ccc(F)cn1)N(CC(=O)O)CC(C)C. The summed E-state index contributed by atoms with van der Waals surface area (Å²) in [7, 11) is 0. The van der Waals surface area contributed by atoms with E-state index in [2.05, 4.69) is 4.98 Å². The topological polar surface area (TPSA) is 53.4 Å². The number of hydrogen-bond donors (Lipinski definition) is 1. The molecule has 0 spiro atoms. The Labute approximate surface area is 113 Å². The molecule has 0 radical (unpaired) electrons. The molecule has 0 fully saturated rings. The number of carboxylic acid groups (broad SMARTS) is 1. The lowest BCUT2D eigenvalue weighted by Gasteiger charge is -2.30. The fourth-order valence-corrected chi connectivity index (χ4v) is 2.18. The largest absolute Gasteiger partial charge is 0.480 e. The Kier molecular flexibility index (Phi) is 5.89. The number of carboxylic acids is 1. The van der Waals surface area contributed by atoms with Crippen LogP contribution in [0.5, 0.6) is 0 Å². The molecule has 1 atom stereocenters. The summed E-state index contributed by atoms with van der Waals surface area (Å²) in [6.07, 6.45) is 1.91. The van der Waals surface area contributed by atoms with Gasteiger partial charge in [-0.1, -0.05) is 20.8 Å². The highest BCUT2D eigenvalue weighted by Gasteiger charge is 2.22. The molecule has 0 aliphatic carbocycles. The molecule has 1 rings (SSSR count). The second kappa shape index (κ2) is 7.19. The average Bonchev–Trinajstić information content (AvgIpc) is 2.30. The van der Waals surface area contributed by atoms with E-state index in [-0.39, 0.29) is 18.4 Å². The van der Waals surface area contributed by atoms with Crippen molar-refractivity contribution in [2.24, 2.45) is 5.92 Å². The number of hydrogen-bond acceptors (Lipinski definition) is 3. The van der Waals surface area contributed by atoms with Crippen molar-refractivity contribution < 1.29 is 14.3 Å². The molecule has 0 aliphatic heterocycles. The Morgan fingerprint density at radius 3 is 2.58 bits per heavy atom. The van der Waals surface area contributed by atoms with Crippen molar-refractivity contribution in [3.8, 4) is 0 Å². The van der Waals surface area contributed by atoms with Crippen LogP contribution < -0.4 is 0 Å². The predicted octanol–water partition coefficient (Wildman–Crippen LogP) is 2.71. The van der Waals surface area contributed by atoms with Gasteiger partial charge in [-0.2, -0.15) is 0 Å². The first-order valence-corrected chi connectivity index (χ1v) is 6.51. The van der Waals surface area contributed by atoms with E-state index in [0.717, 1.165) is 6.42 Å². The second-order valence-corrected chi connectivity index (χ2v) is 5.04. The van der Waals surface area contributed by atoms with Crippen LogP contribution in [0.15, 0.2) is 18.3 Å². The number of pyridine rings is 1. The summed E-state index contributed by atoms with van der Waals surface area (Å²) < 4.78 is 12.9. The minimum atomic E-state index is -0.860. The van der Waals surface area contributed by atoms with Crippen molar-refractivity contribution in [2.75, 3.05) is 13.1 Å². The smallest absolute Gasteiger partial charge is 0.317 e. The first kappa shape index (κ1) is 15.6. The van der Waals surface area contributed by atoms with Gasteiger partial charge in [-0.05, 0) is 24.5 Å². The molecule has 0 saturated carbocycles. The Balaban J connectivity index is 2.94. The van der Waals surface area contributed by atoms with Gasteiger partial charge in [0.15, 0.2) is 0 Å². The van der Waals surface area contributed by atoms with Crippen LogP contribution in [0.25, 0.3) is 0 Å². The molecule has 1 aromatic rings. The van der Waals surface area contributed by atoms with Crippen LogP contribution in [-0.2, 0) is 4.79 Å². The predicted molar refractivity (Wildman–Crippen MR) is 71.3 cm³/mol. The third kappa shape index (κ3) is 4.95. The monoisotopic (exact) mass is 268 g/mol. The maximum absolute atomic E-state index is 12.9. The molecule has 0 bridgehead atoms. The average molecular weight is 268 g/mol. The lowest BCUT2D eigenvalue weighted by Crippen LogP contribution is -2.36. The quantitative estimate of drug-likeness (QED) is 0.826. The third-order valence-corrected chi connectivity index (χ3v) is 2.86. The molecule has 1 aromatic heterocycles. The van der Waals surface area contributed by atoms with Crippen molar-refractivity contribution in [3.05, 3.63) is 29.8 Å². The van der Waals surface area contributed by atoms with Gasteiger partial charge in [0.05, 0.1) is 24.5 Å². The molecule has 1 unspecified atom stereocenters. The van der Waals surface area contributed by atoms with Crippen LogP contribution in [0.4, 0.5) is 4.39 Å². The molecule has 1 heterocycles. The Hall–Kier alpha value is -1.49. The fraction of sp³-hybridized carbons (Fsp3) is 0.571. The molecule has 0 aromatic carbocycles. The highest BCUT2D eigenvalue weighted by molar-refractivity contribution is 5.69. The number of aromatic nitrogens is 1. The van der Waals surface area contributed by atoms with Gasteiger partial charge in [0.25, 0.3) is 0 Å². The molecular formula is C14H21FN2O2. The number of aliphatic carboxylic acids is 1. The van der Waals surface area contributed by atoms with Gasteiger partial charge in [-0.3, -0.25) is 14.7 Å². The van der Waals surface area contributed by atoms with E-state index in [9.17, 15) is 9.18 Å². The van der Waals surface area contributed by atoms with Crippen molar-refractivity contribution in [2.45, 2.75) is 33.2 Å². The summed E-state index contributed by atoms with van der Waals surface area (Å²) in [4.78, 5) is 16.9. The van der Waals surface area contributed by atoms with Gasteiger partial charge in [0.1, 0.15) is 5.82 Å². The van der Waals surface area contributed by atoms with E-state index in [1.54, 1.807) is 6.07 Å². The second-order valence-electron chi connectivity index (χ2n) is 5.04. The third-order valence-electron chi connectivity index (χ3n) is 2.86. The lowest BCUT2D eigenvalue weighted by atomic mass is 10.1. The van der Waals surface area contributed by atoms with Crippen LogP contribution in [0.2, 0.25) is 0 Å². The van der Waals surface area contributed by atoms with Gasteiger partial charge in [0, 0.05) is 6.54 Å². The summed E-state index contributed by atoms with van der Waals surface area (Å²) in [5, 5.41) is 9.01. The number of rotatable bonds is 7. The minimum absolute atomic E-state index is 0.0320. The maximum atomic E-state index is 12.9. The minimum Gasteiger partial charge on any atom is -0.480 e. The van der Waals surface area contributed by atoms with Gasteiger partial charge >= 0.3 is 5.97 Å². The van der Waals surface area contributed by atoms with E-state index in [1.807, 2.05) is 25.7 Å². The molecule has 19 heavy (non-hydrogen) atoms. The molecule has 1 N–H and O–H groups in total. The summed E-state index contributed by atoms with van der Waals surface area (Å²) in [5.74, 6) is -0.887. The van der Waals surface area contributed by atoms with Gasteiger partial charge in [-0.25, -0.2) is 4.39 Å². The number of halogens is 1. The molecule has 5 heteroatoms. The zero-order valence-corrected chi connectivity index (χ0v) is 11.6. The lowest BCUT2D eigenvalue weighted by molar-refractivity contribution is -0.139. The van der Waals surface area contributed by atoms with Crippen LogP contribution in [-0.4, -0.2) is 34.0 Å². The highest BCUT2D eigenvalue weighted by Crippen LogP contribution is 2.23. The van der Waals surface area contributed by atoms with Gasteiger partial charge < -0.3 is 5.11 Å². The van der Waals surface area contributed by atoms with Crippen molar-refractivity contribution in [3.63, 3.8) is 0 Å². The van der Waals surface area contributed by atoms with E-state index in [0.29, 0.717) is 18.2 Å². The zero-order valence-electron chi connectivity index (χ0n) is 11.6. The first-order chi connectivity index (χ1) is 8.93. The molecule has 0 amide bonds. The maximum Gasteiger partial charge on any atom is 0.317 e. The van der Waals surface area contributed by atoms with E-state index < -0.39 is 5.97 Å². The Bertz CT molecular complexity index is 406. The normalized spacial score (nSPS) is 12.9. The van der Waals surface area contributed by atoms with E-state index >= 15 is 0 Å². The van der Waals surface area contributed by atoms with Crippen LogP contribution in [0.1, 0.15) is 38.9 Å². The Morgan fingerprint density at radius 1 is 1.47 bits per heavy atom. The number of nitrogens with zero attached hydrogens (tertiary/aromatic N) is 2. The standard InChI is InChI=1S/C14H21FN2O2/c1-4-13(12-6-5-11(15)7-16-12)17(8-10(2)3)9-14(18)19/h5-7,10,13H,4,8-9H2,1-3H3,(H,18,19). The number of carbonyl (C=O) groups is 1. The van der Waals surface area contributed by atoms with Crippen LogP contribution in [0, 0.1) is 11.7 Å². The van der Waals surface area contributed by atoms with Crippen LogP contribution in [0.3, 0.4) is 0 Å². The van der Waals surface area contributed by atoms with Crippen molar-refractivity contribution in [1.82, 2.24) is 9.88 Å². The molecule has 4 nitrogen and oxygen atoms in total. The van der Waals surface area contributed by atoms with E-state index in [1.165, 1.54) is 12.3 Å². The van der Waals surface area contributed by atoms with Gasteiger partial charge in [-0.15, -0.1) is 0 Å². The van der Waals surface area contributed by atoms with Crippen molar-refractivity contribution in [1.29, 1.82) is 0 Å². The molecule has 0 aliphatic rings. The van der Waals surface area contributed by atoms with Crippen LogP contribution >= 0.6 is 0 Å². The molecule has 0 saturated heterocycles. The summed E-state index contributed by atoms with van der Waals surface area (Å²) >= 11 is 0. The first-order valence-electron chi connectivity index (χ1n) is 6.51. The molecule has 106 valence electrons. The summed E-state index contributed by atoms with van der Waals surface area (Å²) in [6, 6.07) is 2.89. The zero-order chi connectivity index (χ0) is 14.4. The molecular weight excluding hydrogens is 247 g/mol. The van der Waals surface area contributed by atoms with Crippen molar-refractivity contribution >= 4 is 5.97 Å². The van der Waals surface area contributed by atoms with E-state index in [4.69, 9.17) is 5.11 Å². The Morgan fingerprint density at radius 2 is 2.16 bits per heavy atom. The van der Waals surface area contributed by atoms with Gasteiger partial charge in [0.2, 0.25) is 0 Å². The fourth-order valence-electron chi connectivity index (χ4n) is 2.18. The summed E-state index contributed by atoms with van der Waals surface area (Å²) in [5.41, 5.74) is 0.714. The highest BCUT2D eigenvalue weighted by atomic mass is 19.1.